The Kier molecular flexibility index (Phi) is 8.36. The van der Waals surface area contributed by atoms with Crippen LogP contribution < -0.4 is 9.36 Å². The highest BCUT2D eigenvalue weighted by atomic mass is 31.2. The lowest BCUT2D eigenvalue weighted by molar-refractivity contribution is 0.0812. The number of H-pyrrole nitrogens is 2. The Morgan fingerprint density at radius 2 is 2.38 bits per heavy atom. The first-order valence-electron chi connectivity index (χ1n) is 4.64. The van der Waals surface area contributed by atoms with Crippen LogP contribution in [0, 0.1) is 0 Å². The number of ether oxygens (including phenoxy) is 1. The van der Waals surface area contributed by atoms with Gasteiger partial charge in [-0.2, -0.15) is 4.51 Å². The highest BCUT2D eigenvalue weighted by Gasteiger charge is 1.98. The Hall–Kier alpha value is 0.280. The number of methoxy groups -OCH3 is 1. The second-order valence-electron chi connectivity index (χ2n) is 2.43. The molecule has 0 aromatic carbocycles. The van der Waals surface area contributed by atoms with Crippen LogP contribution in [0.25, 0.3) is 0 Å². The summed E-state index contributed by atoms with van der Waals surface area (Å²) in [5.41, 5.74) is 0. The molecule has 0 fully saturated rings. The molecule has 7 nitrogen and oxygen atoms in total. The van der Waals surface area contributed by atoms with Crippen LogP contribution in [-0.2, 0) is 4.74 Å². The summed E-state index contributed by atoms with van der Waals surface area (Å²) >= 11 is 0. The number of hydrogen-bond acceptors (Lipinski definition) is 4. The lowest BCUT2D eigenvalue weighted by Gasteiger charge is -2.09. The van der Waals surface area contributed by atoms with Crippen LogP contribution in [0.3, 0.4) is 0 Å². The van der Waals surface area contributed by atoms with E-state index in [1.807, 2.05) is 6.92 Å². The van der Waals surface area contributed by atoms with Gasteiger partial charge in [-0.05, 0) is 6.92 Å². The minimum Gasteiger partial charge on any atom is -0.382 e. The molecular formula is C5H16N4O3P4. The maximum Gasteiger partial charge on any atom is 0.231 e. The van der Waals surface area contributed by atoms with E-state index in [1.54, 1.807) is 11.4 Å². The monoisotopic (exact) mass is 304 g/mol. The Balaban J connectivity index is 2.81. The first-order valence-corrected chi connectivity index (χ1v) is 8.60. The Morgan fingerprint density at radius 1 is 1.50 bits per heavy atom. The molecule has 1 aromatic heterocycles. The molecule has 0 amide bonds. The molecular weight excluding hydrogens is 288 g/mol. The van der Waals surface area contributed by atoms with Crippen molar-refractivity contribution in [1.29, 1.82) is 0 Å². The normalized spacial score (nSPS) is 12.8. The Morgan fingerprint density at radius 3 is 3.12 bits per heavy atom. The molecule has 0 spiro atoms. The molecule has 1 heterocycles. The summed E-state index contributed by atoms with van der Waals surface area (Å²) in [6.07, 6.45) is 0. The zero-order valence-corrected chi connectivity index (χ0v) is 12.9. The molecule has 1 rings (SSSR count). The zero-order valence-electron chi connectivity index (χ0n) is 9.13. The third-order valence-corrected chi connectivity index (χ3v) is 6.16. The fourth-order valence-electron chi connectivity index (χ4n) is 0.751. The third-order valence-electron chi connectivity index (χ3n) is 1.34. The Labute approximate surface area is 99.8 Å². The fraction of sp³-hybridized carbons (Fsp3) is 1.00. The largest absolute Gasteiger partial charge is 0.382 e. The van der Waals surface area contributed by atoms with E-state index in [2.05, 4.69) is 13.5 Å². The van der Waals surface area contributed by atoms with Gasteiger partial charge in [-0.3, -0.25) is 4.84 Å². The summed E-state index contributed by atoms with van der Waals surface area (Å²) in [7, 11) is 2.27. The van der Waals surface area contributed by atoms with Gasteiger partial charge in [-0.25, -0.2) is 0 Å². The molecule has 0 saturated carbocycles. The van der Waals surface area contributed by atoms with Gasteiger partial charge in [0, 0.05) is 24.1 Å². The highest BCUT2D eigenvalue weighted by Crippen LogP contribution is 2.21. The van der Waals surface area contributed by atoms with Crippen LogP contribution in [0.15, 0.2) is 0 Å². The van der Waals surface area contributed by atoms with E-state index in [4.69, 9.17) is 14.1 Å². The van der Waals surface area contributed by atoms with E-state index in [0.29, 0.717) is 36.8 Å². The standard InChI is InChI=1S/C5H16N4O3P4/c1-3-12-16-8-14-6-13-7-15-9(16)11-5-4-10-2/h7,13,15H,3-5H2,1-2H3,(H,6,8). The second-order valence-corrected chi connectivity index (χ2v) is 7.63. The van der Waals surface area contributed by atoms with E-state index in [1.165, 1.54) is 0 Å². The predicted octanol–water partition coefficient (Wildman–Crippen LogP) is 1.94. The van der Waals surface area contributed by atoms with Crippen molar-refractivity contribution in [3.05, 3.63) is 0 Å². The molecule has 3 unspecified atom stereocenters. The van der Waals surface area contributed by atoms with Gasteiger partial charge < -0.3 is 18.3 Å². The molecule has 0 aliphatic rings. The first kappa shape index (κ1) is 14.3. The van der Waals surface area contributed by atoms with Crippen LogP contribution >= 0.6 is 33.6 Å². The van der Waals surface area contributed by atoms with Gasteiger partial charge in [0.2, 0.25) is 8.08 Å². The topological polar surface area (TPSA) is 77.1 Å². The van der Waals surface area contributed by atoms with Gasteiger partial charge in [0.25, 0.3) is 0 Å². The summed E-state index contributed by atoms with van der Waals surface area (Å²) in [6, 6.07) is 0. The smallest absolute Gasteiger partial charge is 0.231 e. The molecule has 0 aliphatic carbocycles. The average molecular weight is 304 g/mol. The first-order chi connectivity index (χ1) is 7.88. The molecule has 3 atom stereocenters. The molecule has 0 saturated heterocycles. The van der Waals surface area contributed by atoms with Crippen molar-refractivity contribution in [1.82, 2.24) is 17.8 Å². The molecule has 0 radical (unpaired) electrons. The molecule has 0 aliphatic heterocycles. The van der Waals surface area contributed by atoms with E-state index in [-0.39, 0.29) is 0 Å². The number of aromatic amines is 2. The zero-order chi connectivity index (χ0) is 11.6. The van der Waals surface area contributed by atoms with Gasteiger partial charge in [0.15, 0.2) is 0 Å². The van der Waals surface area contributed by atoms with Crippen LogP contribution in [0.1, 0.15) is 6.92 Å². The van der Waals surface area contributed by atoms with Gasteiger partial charge in [-0.15, -0.1) is 4.26 Å². The van der Waals surface area contributed by atoms with Crippen LogP contribution in [0.4, 0.5) is 0 Å². The second kappa shape index (κ2) is 9.32. The number of rotatable bonds is 6. The molecule has 0 bridgehead atoms. The van der Waals surface area contributed by atoms with Crippen molar-refractivity contribution in [2.75, 3.05) is 26.9 Å². The van der Waals surface area contributed by atoms with Gasteiger partial charge in [0.1, 0.15) is 8.51 Å². The van der Waals surface area contributed by atoms with Crippen molar-refractivity contribution < 1.29 is 14.1 Å². The van der Waals surface area contributed by atoms with E-state index in [9.17, 15) is 0 Å². The van der Waals surface area contributed by atoms with Gasteiger partial charge >= 0.3 is 0 Å². The number of nitrogens with one attached hydrogen (secondary N) is 2. The highest BCUT2D eigenvalue weighted by molar-refractivity contribution is 7.50. The lowest BCUT2D eigenvalue weighted by atomic mass is 10.8. The summed E-state index contributed by atoms with van der Waals surface area (Å²) in [5.74, 6) is 0. The number of hydrogen-bond donors (Lipinski definition) is 2. The molecule has 1 aromatic rings. The van der Waals surface area contributed by atoms with Crippen LogP contribution in [0.2, 0.25) is 0 Å². The molecule has 11 heteroatoms. The number of nitrogens with zero attached hydrogens (tertiary/aromatic N) is 2. The summed E-state index contributed by atoms with van der Waals surface area (Å²) in [5, 5.41) is 0. The molecule has 2 N–H and O–H groups in total. The SMILES string of the molecule is CCOp1np[nH][pH][nH][pH]n1OCCOC. The summed E-state index contributed by atoms with van der Waals surface area (Å²) in [4.78, 5) is 5.56. The van der Waals surface area contributed by atoms with Crippen molar-refractivity contribution in [2.45, 2.75) is 6.92 Å². The van der Waals surface area contributed by atoms with E-state index < -0.39 is 8.08 Å². The fourth-order valence-corrected chi connectivity index (χ4v) is 5.67. The lowest BCUT2D eigenvalue weighted by Crippen LogP contribution is -2.14. The minimum atomic E-state index is -1.04. The van der Waals surface area contributed by atoms with Crippen LogP contribution in [0.5, 0.6) is 0 Å². The quantitative estimate of drug-likeness (QED) is 0.787. The van der Waals surface area contributed by atoms with Gasteiger partial charge in [0.05, 0.1) is 19.8 Å². The molecule has 16 heavy (non-hydrogen) atoms. The summed E-state index contributed by atoms with van der Waals surface area (Å²) < 4.78 is 23.0. The maximum absolute atomic E-state index is 5.56. The van der Waals surface area contributed by atoms with Crippen LogP contribution in [-0.4, -0.2) is 44.7 Å². The average Bonchev–Trinajstić information content (AvgIpc) is 2.26. The van der Waals surface area contributed by atoms with Crippen molar-refractivity contribution in [3.63, 3.8) is 0 Å². The Bertz CT molecular complexity index is 344. The van der Waals surface area contributed by atoms with Crippen molar-refractivity contribution in [3.8, 4) is 0 Å². The summed E-state index contributed by atoms with van der Waals surface area (Å²) in [6.45, 7) is 3.66. The minimum absolute atomic E-state index is 0.344. The van der Waals surface area contributed by atoms with E-state index in [0.717, 1.165) is 8.51 Å². The molecule has 94 valence electrons. The third kappa shape index (κ3) is 5.56. The van der Waals surface area contributed by atoms with E-state index >= 15 is 0 Å². The predicted molar refractivity (Wildman–Crippen MR) is 70.9 cm³/mol. The van der Waals surface area contributed by atoms with Crippen molar-refractivity contribution >= 4 is 33.6 Å². The maximum atomic E-state index is 5.56. The van der Waals surface area contributed by atoms with Crippen molar-refractivity contribution in [2.24, 2.45) is 0 Å². The number of aromatic nitrogens is 4. The van der Waals surface area contributed by atoms with Gasteiger partial charge in [-0.1, -0.05) is 0 Å².